The lowest BCUT2D eigenvalue weighted by molar-refractivity contribution is 0.627. The van der Waals surface area contributed by atoms with Gasteiger partial charge in [0.2, 0.25) is 0 Å². The third-order valence-electron chi connectivity index (χ3n) is 3.26. The summed E-state index contributed by atoms with van der Waals surface area (Å²) < 4.78 is 13.1. The molecule has 0 aliphatic carbocycles. The lowest BCUT2D eigenvalue weighted by Crippen LogP contribution is -1.97. The number of anilines is 3. The van der Waals surface area contributed by atoms with Crippen molar-refractivity contribution in [3.05, 3.63) is 60.0 Å². The molecule has 1 aromatic heterocycles. The fraction of sp³-hybridized carbons (Fsp3) is 0.0625. The number of aryl methyl sites for hydroxylation is 1. The third kappa shape index (κ3) is 2.16. The van der Waals surface area contributed by atoms with Crippen molar-refractivity contribution in [3.8, 4) is 0 Å². The van der Waals surface area contributed by atoms with Crippen molar-refractivity contribution in [1.82, 2.24) is 4.98 Å². The lowest BCUT2D eigenvalue weighted by Gasteiger charge is -2.12. The molecule has 0 amide bonds. The summed E-state index contributed by atoms with van der Waals surface area (Å²) in [5, 5.41) is 4.19. The van der Waals surface area contributed by atoms with E-state index in [1.54, 1.807) is 12.3 Å². The van der Waals surface area contributed by atoms with E-state index < -0.39 is 0 Å². The Labute approximate surface area is 116 Å². The van der Waals surface area contributed by atoms with Crippen LogP contribution >= 0.6 is 0 Å². The van der Waals surface area contributed by atoms with Crippen molar-refractivity contribution >= 4 is 28.0 Å². The third-order valence-corrected chi connectivity index (χ3v) is 3.26. The molecule has 0 fully saturated rings. The van der Waals surface area contributed by atoms with Crippen LogP contribution in [0, 0.1) is 12.7 Å². The van der Waals surface area contributed by atoms with Gasteiger partial charge in [0, 0.05) is 23.0 Å². The minimum absolute atomic E-state index is 0.242. The van der Waals surface area contributed by atoms with E-state index in [1.807, 2.05) is 31.2 Å². The van der Waals surface area contributed by atoms with Gasteiger partial charge < -0.3 is 11.1 Å². The van der Waals surface area contributed by atoms with E-state index in [1.165, 1.54) is 12.1 Å². The van der Waals surface area contributed by atoms with Gasteiger partial charge >= 0.3 is 0 Å². The summed E-state index contributed by atoms with van der Waals surface area (Å²) in [4.78, 5) is 4.37. The summed E-state index contributed by atoms with van der Waals surface area (Å²) in [6.07, 6.45) is 1.73. The maximum Gasteiger partial charge on any atom is 0.123 e. The molecule has 3 N–H and O–H groups in total. The zero-order valence-corrected chi connectivity index (χ0v) is 11.0. The summed E-state index contributed by atoms with van der Waals surface area (Å²) >= 11 is 0. The molecule has 0 unspecified atom stereocenters. The van der Waals surface area contributed by atoms with Gasteiger partial charge in [-0.25, -0.2) is 4.39 Å². The van der Waals surface area contributed by atoms with Crippen molar-refractivity contribution in [2.45, 2.75) is 6.92 Å². The van der Waals surface area contributed by atoms with Crippen LogP contribution in [0.3, 0.4) is 0 Å². The Bertz CT molecular complexity index is 784. The monoisotopic (exact) mass is 267 g/mol. The predicted octanol–water partition coefficient (Wildman–Crippen LogP) is 4.01. The Morgan fingerprint density at radius 1 is 1.10 bits per heavy atom. The highest BCUT2D eigenvalue weighted by molar-refractivity contribution is 5.99. The molecule has 3 aromatic rings. The van der Waals surface area contributed by atoms with Crippen molar-refractivity contribution in [2.24, 2.45) is 0 Å². The van der Waals surface area contributed by atoms with Gasteiger partial charge in [-0.3, -0.25) is 4.98 Å². The minimum atomic E-state index is -0.242. The van der Waals surface area contributed by atoms with Gasteiger partial charge in [0.1, 0.15) is 5.82 Å². The van der Waals surface area contributed by atoms with Gasteiger partial charge in [-0.05, 0) is 55.0 Å². The van der Waals surface area contributed by atoms with Crippen LogP contribution in [0.15, 0.2) is 48.7 Å². The number of pyridine rings is 1. The molecular formula is C16H14FN3. The minimum Gasteiger partial charge on any atom is -0.398 e. The molecule has 0 spiro atoms. The standard InChI is InChI=1S/C16H14FN3/c1-10-9-11(17)4-6-14(10)20-15-7-5-13(18)12-3-2-8-19-16(12)15/h2-9,20H,18H2,1H3. The van der Waals surface area contributed by atoms with Crippen molar-refractivity contribution in [1.29, 1.82) is 0 Å². The van der Waals surface area contributed by atoms with Crippen LogP contribution in [0.1, 0.15) is 5.56 Å². The topological polar surface area (TPSA) is 50.9 Å². The second kappa shape index (κ2) is 4.81. The van der Waals surface area contributed by atoms with E-state index in [4.69, 9.17) is 5.73 Å². The molecule has 0 aliphatic rings. The summed E-state index contributed by atoms with van der Waals surface area (Å²) in [5.41, 5.74) is 9.98. The highest BCUT2D eigenvalue weighted by Crippen LogP contribution is 2.29. The Kier molecular flexibility index (Phi) is 2.99. The number of nitrogens with one attached hydrogen (secondary N) is 1. The second-order valence-electron chi connectivity index (χ2n) is 4.69. The fourth-order valence-corrected chi connectivity index (χ4v) is 2.21. The molecule has 3 rings (SSSR count). The molecule has 0 aliphatic heterocycles. The molecule has 3 nitrogen and oxygen atoms in total. The lowest BCUT2D eigenvalue weighted by atomic mass is 10.1. The largest absolute Gasteiger partial charge is 0.398 e. The SMILES string of the molecule is Cc1cc(F)ccc1Nc1ccc(N)c2cccnc12. The van der Waals surface area contributed by atoms with E-state index in [0.717, 1.165) is 27.8 Å². The van der Waals surface area contributed by atoms with E-state index >= 15 is 0 Å². The van der Waals surface area contributed by atoms with Gasteiger partial charge in [0.15, 0.2) is 0 Å². The van der Waals surface area contributed by atoms with Crippen LogP contribution in [-0.4, -0.2) is 4.98 Å². The zero-order valence-electron chi connectivity index (χ0n) is 11.0. The first-order chi connectivity index (χ1) is 9.65. The van der Waals surface area contributed by atoms with Gasteiger partial charge in [-0.1, -0.05) is 0 Å². The molecule has 0 atom stereocenters. The number of nitrogens with two attached hydrogens (primary N) is 1. The van der Waals surface area contributed by atoms with E-state index in [0.29, 0.717) is 5.69 Å². The number of hydrogen-bond acceptors (Lipinski definition) is 3. The Balaban J connectivity index is 2.09. The molecular weight excluding hydrogens is 253 g/mol. The van der Waals surface area contributed by atoms with Crippen LogP contribution in [0.4, 0.5) is 21.5 Å². The Morgan fingerprint density at radius 3 is 2.70 bits per heavy atom. The highest BCUT2D eigenvalue weighted by Gasteiger charge is 2.07. The maximum atomic E-state index is 13.1. The van der Waals surface area contributed by atoms with Crippen molar-refractivity contribution in [3.63, 3.8) is 0 Å². The van der Waals surface area contributed by atoms with Gasteiger partial charge in [0.05, 0.1) is 11.2 Å². The van der Waals surface area contributed by atoms with E-state index in [9.17, 15) is 4.39 Å². The summed E-state index contributed by atoms with van der Waals surface area (Å²) in [5.74, 6) is -0.242. The number of fused-ring (bicyclic) bond motifs is 1. The van der Waals surface area contributed by atoms with Gasteiger partial charge in [-0.2, -0.15) is 0 Å². The summed E-state index contributed by atoms with van der Waals surface area (Å²) in [7, 11) is 0. The second-order valence-corrected chi connectivity index (χ2v) is 4.69. The first-order valence-electron chi connectivity index (χ1n) is 6.31. The van der Waals surface area contributed by atoms with Crippen LogP contribution in [0.2, 0.25) is 0 Å². The van der Waals surface area contributed by atoms with Crippen molar-refractivity contribution in [2.75, 3.05) is 11.1 Å². The number of nitrogen functional groups attached to an aromatic ring is 1. The zero-order chi connectivity index (χ0) is 14.1. The van der Waals surface area contributed by atoms with Crippen LogP contribution < -0.4 is 11.1 Å². The van der Waals surface area contributed by atoms with Crippen molar-refractivity contribution < 1.29 is 4.39 Å². The fourth-order valence-electron chi connectivity index (χ4n) is 2.21. The summed E-state index contributed by atoms with van der Waals surface area (Å²) in [6.45, 7) is 1.86. The van der Waals surface area contributed by atoms with E-state index in [-0.39, 0.29) is 5.82 Å². The van der Waals surface area contributed by atoms with E-state index in [2.05, 4.69) is 10.3 Å². The van der Waals surface area contributed by atoms with Crippen LogP contribution in [0.5, 0.6) is 0 Å². The maximum absolute atomic E-state index is 13.1. The number of benzene rings is 2. The smallest absolute Gasteiger partial charge is 0.123 e. The number of nitrogens with zero attached hydrogens (tertiary/aromatic N) is 1. The molecule has 2 aromatic carbocycles. The average Bonchev–Trinajstić information content (AvgIpc) is 2.45. The van der Waals surface area contributed by atoms with Gasteiger partial charge in [0.25, 0.3) is 0 Å². The normalized spacial score (nSPS) is 10.7. The highest BCUT2D eigenvalue weighted by atomic mass is 19.1. The predicted molar refractivity (Wildman–Crippen MR) is 80.6 cm³/mol. The first kappa shape index (κ1) is 12.4. The number of rotatable bonds is 2. The van der Waals surface area contributed by atoms with Gasteiger partial charge in [-0.15, -0.1) is 0 Å². The van der Waals surface area contributed by atoms with Crippen LogP contribution in [0.25, 0.3) is 10.9 Å². The molecule has 100 valence electrons. The molecule has 0 saturated heterocycles. The first-order valence-corrected chi connectivity index (χ1v) is 6.31. The quantitative estimate of drug-likeness (QED) is 0.690. The Morgan fingerprint density at radius 2 is 1.90 bits per heavy atom. The molecule has 0 saturated carbocycles. The molecule has 0 radical (unpaired) electrons. The Hall–Kier alpha value is -2.62. The van der Waals surface area contributed by atoms with Crippen LogP contribution in [-0.2, 0) is 0 Å². The average molecular weight is 267 g/mol. The number of halogens is 1. The molecule has 1 heterocycles. The molecule has 0 bridgehead atoms. The number of hydrogen-bond donors (Lipinski definition) is 2. The number of aromatic nitrogens is 1. The molecule has 20 heavy (non-hydrogen) atoms. The molecule has 4 heteroatoms. The summed E-state index contributed by atoms with van der Waals surface area (Å²) in [6, 6.07) is 12.2.